The molecule has 4 unspecified atom stereocenters. The number of benzene rings is 1. The highest BCUT2D eigenvalue weighted by Gasteiger charge is 2.33. The minimum atomic E-state index is -0.0548. The standard InChI is InChI=1S/C18H26OS/c1-2-5-13-8-9-17(19)14(10-13)11-15-12-20-18-7-4-3-6-16(15)18/h3-4,6-7,13-15,17,19H,2,5,8-12H2,1H3. The second-order valence-corrected chi connectivity index (χ2v) is 7.64. The Morgan fingerprint density at radius 2 is 2.10 bits per heavy atom. The topological polar surface area (TPSA) is 20.2 Å². The van der Waals surface area contributed by atoms with E-state index < -0.39 is 0 Å². The van der Waals surface area contributed by atoms with Gasteiger partial charge in [-0.05, 0) is 55.1 Å². The molecule has 1 heterocycles. The fourth-order valence-electron chi connectivity index (χ4n) is 4.06. The third-order valence-corrected chi connectivity index (χ3v) is 6.39. The highest BCUT2D eigenvalue weighted by Crippen LogP contribution is 2.45. The minimum absolute atomic E-state index is 0.0548. The van der Waals surface area contributed by atoms with Crippen molar-refractivity contribution in [2.75, 3.05) is 5.75 Å². The molecule has 110 valence electrons. The first-order valence-electron chi connectivity index (χ1n) is 8.17. The van der Waals surface area contributed by atoms with Gasteiger partial charge < -0.3 is 5.11 Å². The average molecular weight is 290 g/mol. The van der Waals surface area contributed by atoms with Crippen molar-refractivity contribution in [2.45, 2.75) is 62.4 Å². The van der Waals surface area contributed by atoms with Gasteiger partial charge in [0.15, 0.2) is 0 Å². The maximum absolute atomic E-state index is 10.4. The second-order valence-electron chi connectivity index (χ2n) is 6.58. The molecule has 0 spiro atoms. The molecule has 0 radical (unpaired) electrons. The summed E-state index contributed by atoms with van der Waals surface area (Å²) in [7, 11) is 0. The molecule has 0 aromatic heterocycles. The largest absolute Gasteiger partial charge is 0.393 e. The van der Waals surface area contributed by atoms with Crippen LogP contribution in [0.5, 0.6) is 0 Å². The smallest absolute Gasteiger partial charge is 0.0568 e. The van der Waals surface area contributed by atoms with Gasteiger partial charge in [0.2, 0.25) is 0 Å². The molecule has 1 N–H and O–H groups in total. The van der Waals surface area contributed by atoms with Gasteiger partial charge in [-0.15, -0.1) is 11.8 Å². The summed E-state index contributed by atoms with van der Waals surface area (Å²) in [6.07, 6.45) is 7.28. The van der Waals surface area contributed by atoms with E-state index in [9.17, 15) is 5.11 Å². The van der Waals surface area contributed by atoms with E-state index in [2.05, 4.69) is 31.2 Å². The Morgan fingerprint density at radius 3 is 2.95 bits per heavy atom. The molecule has 1 aromatic carbocycles. The van der Waals surface area contributed by atoms with Crippen LogP contribution in [-0.4, -0.2) is 17.0 Å². The summed E-state index contributed by atoms with van der Waals surface area (Å²) < 4.78 is 0. The third kappa shape index (κ3) is 3.07. The van der Waals surface area contributed by atoms with Crippen LogP contribution in [0, 0.1) is 11.8 Å². The minimum Gasteiger partial charge on any atom is -0.393 e. The van der Waals surface area contributed by atoms with Crippen molar-refractivity contribution in [3.8, 4) is 0 Å². The van der Waals surface area contributed by atoms with Crippen molar-refractivity contribution in [1.29, 1.82) is 0 Å². The zero-order chi connectivity index (χ0) is 13.9. The number of aliphatic hydroxyl groups is 1. The molecule has 1 nitrogen and oxygen atoms in total. The van der Waals surface area contributed by atoms with Crippen LogP contribution in [0.25, 0.3) is 0 Å². The number of hydrogen-bond acceptors (Lipinski definition) is 2. The van der Waals surface area contributed by atoms with Crippen LogP contribution in [0.15, 0.2) is 29.2 Å². The number of fused-ring (bicyclic) bond motifs is 1. The monoisotopic (exact) mass is 290 g/mol. The predicted molar refractivity (Wildman–Crippen MR) is 86.3 cm³/mol. The second kappa shape index (κ2) is 6.53. The van der Waals surface area contributed by atoms with Crippen LogP contribution < -0.4 is 0 Å². The van der Waals surface area contributed by atoms with Crippen LogP contribution in [0.2, 0.25) is 0 Å². The van der Waals surface area contributed by atoms with E-state index in [4.69, 9.17) is 0 Å². The molecule has 2 aliphatic rings. The molecule has 2 heteroatoms. The molecular formula is C18H26OS. The summed E-state index contributed by atoms with van der Waals surface area (Å²) in [5.41, 5.74) is 1.53. The van der Waals surface area contributed by atoms with E-state index in [0.29, 0.717) is 11.8 Å². The van der Waals surface area contributed by atoms with E-state index in [0.717, 1.165) is 12.3 Å². The number of hydrogen-bond donors (Lipinski definition) is 1. The Labute approximate surface area is 127 Å². The molecule has 1 aliphatic carbocycles. The van der Waals surface area contributed by atoms with Crippen LogP contribution in [0.3, 0.4) is 0 Å². The zero-order valence-corrected chi connectivity index (χ0v) is 13.2. The molecule has 1 fully saturated rings. The van der Waals surface area contributed by atoms with Crippen LogP contribution in [-0.2, 0) is 0 Å². The molecule has 4 atom stereocenters. The van der Waals surface area contributed by atoms with Gasteiger partial charge in [0.05, 0.1) is 6.10 Å². The van der Waals surface area contributed by atoms with E-state index in [1.807, 2.05) is 11.8 Å². The van der Waals surface area contributed by atoms with Gasteiger partial charge in [0, 0.05) is 10.6 Å². The van der Waals surface area contributed by atoms with Crippen molar-refractivity contribution < 1.29 is 5.11 Å². The Hall–Kier alpha value is -0.470. The van der Waals surface area contributed by atoms with Gasteiger partial charge in [-0.1, -0.05) is 38.0 Å². The predicted octanol–water partition coefficient (Wildman–Crippen LogP) is 4.84. The molecule has 0 bridgehead atoms. The zero-order valence-electron chi connectivity index (χ0n) is 12.4. The first-order chi connectivity index (χ1) is 9.78. The summed E-state index contributed by atoms with van der Waals surface area (Å²) in [5.74, 6) is 3.26. The highest BCUT2D eigenvalue weighted by atomic mass is 32.2. The van der Waals surface area contributed by atoms with E-state index >= 15 is 0 Å². The van der Waals surface area contributed by atoms with Crippen LogP contribution in [0.1, 0.15) is 56.9 Å². The van der Waals surface area contributed by atoms with Gasteiger partial charge in [-0.3, -0.25) is 0 Å². The lowest BCUT2D eigenvalue weighted by Gasteiger charge is -2.34. The SMILES string of the molecule is CCCC1CCC(O)C(CC2CSc3ccccc32)C1. The fourth-order valence-corrected chi connectivity index (χ4v) is 5.33. The Bertz CT molecular complexity index is 445. The summed E-state index contributed by atoms with van der Waals surface area (Å²) in [6, 6.07) is 8.84. The molecule has 0 amide bonds. The summed E-state index contributed by atoms with van der Waals surface area (Å²) in [6.45, 7) is 2.28. The Morgan fingerprint density at radius 1 is 1.25 bits per heavy atom. The Kier molecular flexibility index (Phi) is 4.72. The lowest BCUT2D eigenvalue weighted by atomic mass is 9.73. The van der Waals surface area contributed by atoms with E-state index in [1.54, 1.807) is 0 Å². The van der Waals surface area contributed by atoms with Crippen LogP contribution >= 0.6 is 11.8 Å². The molecule has 3 rings (SSSR count). The summed E-state index contributed by atoms with van der Waals surface area (Å²) in [5, 5.41) is 10.4. The first kappa shape index (κ1) is 14.5. The fraction of sp³-hybridized carbons (Fsp3) is 0.667. The van der Waals surface area contributed by atoms with Crippen molar-refractivity contribution in [1.82, 2.24) is 0 Å². The van der Waals surface area contributed by atoms with Crippen molar-refractivity contribution >= 4 is 11.8 Å². The number of thioether (sulfide) groups is 1. The number of rotatable bonds is 4. The number of aliphatic hydroxyl groups excluding tert-OH is 1. The van der Waals surface area contributed by atoms with Gasteiger partial charge in [-0.25, -0.2) is 0 Å². The molecule has 1 aromatic rings. The third-order valence-electron chi connectivity index (χ3n) is 5.13. The van der Waals surface area contributed by atoms with E-state index in [1.165, 1.54) is 48.3 Å². The average Bonchev–Trinajstić information content (AvgIpc) is 2.86. The summed E-state index contributed by atoms with van der Waals surface area (Å²) in [4.78, 5) is 1.47. The van der Waals surface area contributed by atoms with Gasteiger partial charge >= 0.3 is 0 Å². The van der Waals surface area contributed by atoms with Crippen molar-refractivity contribution in [3.63, 3.8) is 0 Å². The highest BCUT2D eigenvalue weighted by molar-refractivity contribution is 7.99. The lowest BCUT2D eigenvalue weighted by Crippen LogP contribution is -2.30. The maximum atomic E-state index is 10.4. The maximum Gasteiger partial charge on any atom is 0.0568 e. The van der Waals surface area contributed by atoms with Gasteiger partial charge in [0.25, 0.3) is 0 Å². The lowest BCUT2D eigenvalue weighted by molar-refractivity contribution is 0.0392. The molecule has 1 aliphatic heterocycles. The van der Waals surface area contributed by atoms with Crippen molar-refractivity contribution in [3.05, 3.63) is 29.8 Å². The normalized spacial score (nSPS) is 33.1. The Balaban J connectivity index is 1.65. The van der Waals surface area contributed by atoms with Gasteiger partial charge in [-0.2, -0.15) is 0 Å². The van der Waals surface area contributed by atoms with Gasteiger partial charge in [0.1, 0.15) is 0 Å². The van der Waals surface area contributed by atoms with E-state index in [-0.39, 0.29) is 6.10 Å². The molecule has 20 heavy (non-hydrogen) atoms. The molecule has 0 saturated heterocycles. The molecular weight excluding hydrogens is 264 g/mol. The van der Waals surface area contributed by atoms with Crippen molar-refractivity contribution in [2.24, 2.45) is 11.8 Å². The quantitative estimate of drug-likeness (QED) is 0.856. The summed E-state index contributed by atoms with van der Waals surface area (Å²) >= 11 is 2.00. The first-order valence-corrected chi connectivity index (χ1v) is 9.16. The molecule has 1 saturated carbocycles. The van der Waals surface area contributed by atoms with Crippen LogP contribution in [0.4, 0.5) is 0 Å².